The third-order valence-corrected chi connectivity index (χ3v) is 7.68. The predicted molar refractivity (Wildman–Crippen MR) is 140 cm³/mol. The number of halogens is 5. The molecule has 1 unspecified atom stereocenters. The van der Waals surface area contributed by atoms with E-state index in [1.54, 1.807) is 18.2 Å². The van der Waals surface area contributed by atoms with Crippen molar-refractivity contribution in [3.63, 3.8) is 0 Å². The summed E-state index contributed by atoms with van der Waals surface area (Å²) in [5.41, 5.74) is 2.33. The molecule has 0 amide bonds. The van der Waals surface area contributed by atoms with Gasteiger partial charge in [0.05, 0.1) is 26.7 Å². The summed E-state index contributed by atoms with van der Waals surface area (Å²) in [7, 11) is 1.51. The summed E-state index contributed by atoms with van der Waals surface area (Å²) in [6, 6.07) is 12.8. The second-order valence-corrected chi connectivity index (χ2v) is 10.7. The number of nitrogens with zero attached hydrogens (tertiary/aromatic N) is 1. The molecule has 2 N–H and O–H groups in total. The first-order valence-electron chi connectivity index (χ1n) is 13.5. The number of carbonyl (C=O) groups is 1. The summed E-state index contributed by atoms with van der Waals surface area (Å²) in [5, 5.41) is 11.6. The van der Waals surface area contributed by atoms with Gasteiger partial charge in [-0.05, 0) is 72.8 Å². The summed E-state index contributed by atoms with van der Waals surface area (Å²) in [4.78, 5) is 13.4. The highest BCUT2D eigenvalue weighted by atomic mass is 19.4. The number of alkyl halides is 5. The van der Waals surface area contributed by atoms with E-state index in [-0.39, 0.29) is 24.8 Å². The van der Waals surface area contributed by atoms with Gasteiger partial charge in [0, 0.05) is 31.4 Å². The number of methoxy groups -OCH3 is 1. The Morgan fingerprint density at radius 1 is 1.05 bits per heavy atom. The van der Waals surface area contributed by atoms with Crippen LogP contribution in [0.4, 0.5) is 27.6 Å². The van der Waals surface area contributed by atoms with Gasteiger partial charge in [0.1, 0.15) is 11.5 Å². The van der Waals surface area contributed by atoms with Gasteiger partial charge in [-0.25, -0.2) is 0 Å². The first kappa shape index (κ1) is 29.9. The zero-order valence-corrected chi connectivity index (χ0v) is 22.4. The van der Waals surface area contributed by atoms with Gasteiger partial charge in [-0.1, -0.05) is 18.2 Å². The van der Waals surface area contributed by atoms with Crippen molar-refractivity contribution in [1.82, 2.24) is 5.32 Å². The third-order valence-electron chi connectivity index (χ3n) is 7.68. The van der Waals surface area contributed by atoms with Crippen LogP contribution in [-0.2, 0) is 11.3 Å². The number of rotatable bonds is 13. The van der Waals surface area contributed by atoms with Crippen LogP contribution < -0.4 is 19.7 Å². The first-order valence-corrected chi connectivity index (χ1v) is 13.5. The van der Waals surface area contributed by atoms with Crippen molar-refractivity contribution >= 4 is 11.7 Å². The van der Waals surface area contributed by atoms with Crippen LogP contribution in [-0.4, -0.2) is 56.5 Å². The minimum atomic E-state index is -5.61. The Hall–Kier alpha value is -3.08. The molecule has 0 aromatic heterocycles. The third kappa shape index (κ3) is 7.77. The number of ether oxygens (including phenoxy) is 2. The lowest BCUT2D eigenvalue weighted by Crippen LogP contribution is -2.45. The van der Waals surface area contributed by atoms with Crippen LogP contribution in [0.15, 0.2) is 42.5 Å². The number of carboxylic acids is 1. The largest absolute Gasteiger partial charge is 0.497 e. The van der Waals surface area contributed by atoms with Crippen molar-refractivity contribution in [3.05, 3.63) is 53.6 Å². The molecule has 40 heavy (non-hydrogen) atoms. The molecule has 1 atom stereocenters. The zero-order valence-electron chi connectivity index (χ0n) is 22.4. The van der Waals surface area contributed by atoms with Crippen LogP contribution in [0.5, 0.6) is 11.5 Å². The Bertz CT molecular complexity index is 1150. The van der Waals surface area contributed by atoms with Gasteiger partial charge in [0.15, 0.2) is 0 Å². The van der Waals surface area contributed by atoms with Gasteiger partial charge >= 0.3 is 18.1 Å². The van der Waals surface area contributed by atoms with Crippen LogP contribution in [0.3, 0.4) is 0 Å². The Balaban J connectivity index is 1.32. The maximum atomic E-state index is 13.3. The SMILES string of the molecule is COc1ccc(CNCC(F)(F)C(F)(F)F)c(N2CCC(COc3cccc(C(CC(=O)O)C4CC4)c3)CC2)c1. The fourth-order valence-corrected chi connectivity index (χ4v) is 5.20. The molecule has 2 aliphatic rings. The number of hydrogen-bond acceptors (Lipinski definition) is 5. The standard InChI is InChI=1S/C29H35F5N2O4/c1-39-23-8-7-22(16-35-18-28(30,31)29(32,33)34)26(14-23)36-11-9-19(10-12-36)17-40-24-4-2-3-21(13-24)25(15-27(37)38)20-5-6-20/h2-4,7-8,13-14,19-20,25,35H,5-6,9-12,15-18H2,1H3,(H,37,38). The number of aliphatic carboxylic acids is 1. The first-order chi connectivity index (χ1) is 19.0. The van der Waals surface area contributed by atoms with Crippen molar-refractivity contribution in [2.24, 2.45) is 11.8 Å². The van der Waals surface area contributed by atoms with E-state index in [4.69, 9.17) is 9.47 Å². The number of hydrogen-bond donors (Lipinski definition) is 2. The van der Waals surface area contributed by atoms with Gasteiger partial charge in [0.25, 0.3) is 0 Å². The molecule has 1 saturated heterocycles. The fourth-order valence-electron chi connectivity index (χ4n) is 5.20. The van der Waals surface area contributed by atoms with E-state index in [1.165, 1.54) is 7.11 Å². The zero-order chi connectivity index (χ0) is 28.9. The predicted octanol–water partition coefficient (Wildman–Crippen LogP) is 6.25. The van der Waals surface area contributed by atoms with E-state index >= 15 is 0 Å². The highest BCUT2D eigenvalue weighted by Gasteiger charge is 2.56. The van der Waals surface area contributed by atoms with Crippen LogP contribution in [0.25, 0.3) is 0 Å². The molecule has 4 rings (SSSR count). The lowest BCUT2D eigenvalue weighted by atomic mass is 9.91. The highest BCUT2D eigenvalue weighted by Crippen LogP contribution is 2.45. The van der Waals surface area contributed by atoms with Crippen LogP contribution in [0, 0.1) is 11.8 Å². The van der Waals surface area contributed by atoms with Gasteiger partial charge in [0.2, 0.25) is 0 Å². The monoisotopic (exact) mass is 570 g/mol. The summed E-state index contributed by atoms with van der Waals surface area (Å²) in [5.74, 6) is -3.65. The Morgan fingerprint density at radius 2 is 1.77 bits per heavy atom. The van der Waals surface area contributed by atoms with E-state index in [1.807, 2.05) is 24.3 Å². The van der Waals surface area contributed by atoms with E-state index in [0.29, 0.717) is 42.7 Å². The van der Waals surface area contributed by atoms with Gasteiger partial charge in [-0.2, -0.15) is 22.0 Å². The Kier molecular flexibility index (Phi) is 9.43. The summed E-state index contributed by atoms with van der Waals surface area (Å²) in [6.45, 7) is 0.183. The molecule has 1 aliphatic heterocycles. The number of nitrogens with one attached hydrogen (secondary N) is 1. The van der Waals surface area contributed by atoms with Crippen molar-refractivity contribution < 1.29 is 41.3 Å². The Morgan fingerprint density at radius 3 is 2.40 bits per heavy atom. The number of benzene rings is 2. The number of carboxylic acid groups (broad SMARTS) is 1. The molecular weight excluding hydrogens is 535 g/mol. The fraction of sp³-hybridized carbons (Fsp3) is 0.552. The number of piperidine rings is 1. The molecule has 2 fully saturated rings. The van der Waals surface area contributed by atoms with Crippen LogP contribution >= 0.6 is 0 Å². The smallest absolute Gasteiger partial charge is 0.454 e. The van der Waals surface area contributed by atoms with E-state index in [9.17, 15) is 31.9 Å². The molecule has 2 aromatic rings. The quantitative estimate of drug-likeness (QED) is 0.278. The molecule has 2 aromatic carbocycles. The average molecular weight is 571 g/mol. The lowest BCUT2D eigenvalue weighted by Gasteiger charge is -2.35. The van der Waals surface area contributed by atoms with E-state index < -0.39 is 24.6 Å². The molecule has 6 nitrogen and oxygen atoms in total. The molecular formula is C29H35F5N2O4. The van der Waals surface area contributed by atoms with E-state index in [2.05, 4.69) is 10.2 Å². The van der Waals surface area contributed by atoms with Crippen molar-refractivity contribution in [3.8, 4) is 11.5 Å². The average Bonchev–Trinajstić information content (AvgIpc) is 3.76. The minimum absolute atomic E-state index is 0.00414. The van der Waals surface area contributed by atoms with Crippen molar-refractivity contribution in [1.29, 1.82) is 0 Å². The second kappa shape index (κ2) is 12.6. The molecule has 0 bridgehead atoms. The molecule has 11 heteroatoms. The Labute approximate surface area is 230 Å². The van der Waals surface area contributed by atoms with Crippen molar-refractivity contribution in [2.75, 3.05) is 38.3 Å². The summed E-state index contributed by atoms with van der Waals surface area (Å²) < 4.78 is 75.7. The summed E-state index contributed by atoms with van der Waals surface area (Å²) in [6.07, 6.45) is -1.79. The minimum Gasteiger partial charge on any atom is -0.497 e. The highest BCUT2D eigenvalue weighted by molar-refractivity contribution is 5.68. The molecule has 0 spiro atoms. The molecule has 0 radical (unpaired) electrons. The van der Waals surface area contributed by atoms with Crippen molar-refractivity contribution in [2.45, 2.75) is 56.7 Å². The molecule has 1 heterocycles. The van der Waals surface area contributed by atoms with E-state index in [0.717, 1.165) is 36.9 Å². The van der Waals surface area contributed by atoms with Gasteiger partial charge in [-0.3, -0.25) is 4.79 Å². The van der Waals surface area contributed by atoms with Gasteiger partial charge in [-0.15, -0.1) is 0 Å². The maximum absolute atomic E-state index is 13.3. The normalized spacial score (nSPS) is 17.5. The molecule has 1 aliphatic carbocycles. The summed E-state index contributed by atoms with van der Waals surface area (Å²) >= 11 is 0. The molecule has 220 valence electrons. The lowest BCUT2D eigenvalue weighted by molar-refractivity contribution is -0.279. The van der Waals surface area contributed by atoms with Crippen LogP contribution in [0.1, 0.15) is 49.1 Å². The maximum Gasteiger partial charge on any atom is 0.454 e. The van der Waals surface area contributed by atoms with Crippen LogP contribution in [0.2, 0.25) is 0 Å². The second-order valence-electron chi connectivity index (χ2n) is 10.7. The topological polar surface area (TPSA) is 71.0 Å². The van der Waals surface area contributed by atoms with Gasteiger partial charge < -0.3 is 24.8 Å². The number of anilines is 1. The molecule has 1 saturated carbocycles.